The van der Waals surface area contributed by atoms with Gasteiger partial charge < -0.3 is 0 Å². The van der Waals surface area contributed by atoms with Gasteiger partial charge in [-0.1, -0.05) is 20.8 Å². The third kappa shape index (κ3) is 3.85. The van der Waals surface area contributed by atoms with Crippen molar-refractivity contribution in [3.63, 3.8) is 0 Å². The molecule has 2 unspecified atom stereocenters. The van der Waals surface area contributed by atoms with Crippen molar-refractivity contribution in [2.24, 2.45) is 5.41 Å². The Labute approximate surface area is 63.6 Å². The SMILES string of the molecule is CC([O])NC(C)C(C)(C)C. The molecule has 0 saturated heterocycles. The summed E-state index contributed by atoms with van der Waals surface area (Å²) < 4.78 is 0. The maximum Gasteiger partial charge on any atom is 0.141 e. The predicted octanol–water partition coefficient (Wildman–Crippen LogP) is 1.79. The average Bonchev–Trinajstić information content (AvgIpc) is 1.60. The molecule has 0 fully saturated rings. The van der Waals surface area contributed by atoms with Crippen molar-refractivity contribution < 1.29 is 5.11 Å². The molecule has 0 saturated carbocycles. The molecule has 0 aliphatic rings. The van der Waals surface area contributed by atoms with Gasteiger partial charge in [-0.25, -0.2) is 5.11 Å². The van der Waals surface area contributed by atoms with E-state index in [9.17, 15) is 5.11 Å². The van der Waals surface area contributed by atoms with E-state index in [4.69, 9.17) is 0 Å². The molecule has 0 bridgehead atoms. The van der Waals surface area contributed by atoms with Crippen LogP contribution in [0, 0.1) is 5.41 Å². The van der Waals surface area contributed by atoms with Crippen molar-refractivity contribution in [3.8, 4) is 0 Å². The Hall–Kier alpha value is -0.0800. The van der Waals surface area contributed by atoms with Crippen LogP contribution in [0.4, 0.5) is 0 Å². The van der Waals surface area contributed by atoms with Crippen molar-refractivity contribution in [1.29, 1.82) is 0 Å². The van der Waals surface area contributed by atoms with Crippen molar-refractivity contribution >= 4 is 0 Å². The molecule has 0 spiro atoms. The summed E-state index contributed by atoms with van der Waals surface area (Å²) in [7, 11) is 0. The third-order valence-corrected chi connectivity index (χ3v) is 1.78. The van der Waals surface area contributed by atoms with E-state index >= 15 is 0 Å². The average molecular weight is 144 g/mol. The van der Waals surface area contributed by atoms with Crippen LogP contribution in [0.25, 0.3) is 0 Å². The van der Waals surface area contributed by atoms with E-state index in [0.717, 1.165) is 0 Å². The Balaban J connectivity index is 3.73. The smallest absolute Gasteiger partial charge is 0.141 e. The lowest BCUT2D eigenvalue weighted by atomic mass is 9.88. The zero-order valence-electron chi connectivity index (χ0n) is 7.56. The Morgan fingerprint density at radius 1 is 1.20 bits per heavy atom. The molecule has 1 radical (unpaired) electrons. The Morgan fingerprint density at radius 3 is 1.70 bits per heavy atom. The number of nitrogens with one attached hydrogen (secondary N) is 1. The van der Waals surface area contributed by atoms with E-state index < -0.39 is 6.23 Å². The molecule has 10 heavy (non-hydrogen) atoms. The van der Waals surface area contributed by atoms with Crippen molar-refractivity contribution in [2.75, 3.05) is 0 Å². The first-order valence-electron chi connectivity index (χ1n) is 3.76. The first-order valence-corrected chi connectivity index (χ1v) is 3.76. The fourth-order valence-corrected chi connectivity index (χ4v) is 0.602. The van der Waals surface area contributed by atoms with E-state index in [0.29, 0.717) is 0 Å². The second kappa shape index (κ2) is 3.35. The normalized spacial score (nSPS) is 18.6. The summed E-state index contributed by atoms with van der Waals surface area (Å²) in [6, 6.07) is 0.278. The zero-order valence-corrected chi connectivity index (χ0v) is 7.56. The molecule has 0 aromatic carbocycles. The van der Waals surface area contributed by atoms with Crippen molar-refractivity contribution in [1.82, 2.24) is 5.32 Å². The molecule has 2 heteroatoms. The molecular weight excluding hydrogens is 126 g/mol. The summed E-state index contributed by atoms with van der Waals surface area (Å²) in [6.45, 7) is 10.0. The van der Waals surface area contributed by atoms with Crippen LogP contribution in [0.1, 0.15) is 34.6 Å². The van der Waals surface area contributed by atoms with E-state index in [-0.39, 0.29) is 11.5 Å². The summed E-state index contributed by atoms with van der Waals surface area (Å²) >= 11 is 0. The number of rotatable bonds is 2. The summed E-state index contributed by atoms with van der Waals surface area (Å²) in [5.74, 6) is 0. The van der Waals surface area contributed by atoms with Crippen LogP contribution >= 0.6 is 0 Å². The van der Waals surface area contributed by atoms with Crippen LogP contribution in [0.5, 0.6) is 0 Å². The van der Waals surface area contributed by atoms with Gasteiger partial charge >= 0.3 is 0 Å². The van der Waals surface area contributed by atoms with Gasteiger partial charge in [0.2, 0.25) is 0 Å². The molecule has 0 aromatic rings. The quantitative estimate of drug-likeness (QED) is 0.589. The topological polar surface area (TPSA) is 31.9 Å². The van der Waals surface area contributed by atoms with E-state index in [1.807, 2.05) is 6.92 Å². The lowest BCUT2D eigenvalue weighted by molar-refractivity contribution is 0.0499. The predicted molar refractivity (Wildman–Crippen MR) is 42.2 cm³/mol. The van der Waals surface area contributed by atoms with Crippen LogP contribution < -0.4 is 5.32 Å². The molecule has 0 aliphatic carbocycles. The Kier molecular flexibility index (Phi) is 3.33. The molecule has 0 aliphatic heterocycles. The molecule has 61 valence electrons. The van der Waals surface area contributed by atoms with Crippen LogP contribution in [-0.2, 0) is 5.11 Å². The van der Waals surface area contributed by atoms with Gasteiger partial charge in [-0.05, 0) is 19.3 Å². The van der Waals surface area contributed by atoms with Gasteiger partial charge in [0.15, 0.2) is 0 Å². The zero-order chi connectivity index (χ0) is 8.36. The fourth-order valence-electron chi connectivity index (χ4n) is 0.602. The highest BCUT2D eigenvalue weighted by Gasteiger charge is 2.20. The van der Waals surface area contributed by atoms with Crippen molar-refractivity contribution in [3.05, 3.63) is 0 Å². The number of hydrogen-bond donors (Lipinski definition) is 1. The van der Waals surface area contributed by atoms with Gasteiger partial charge in [-0.3, -0.25) is 5.32 Å². The standard InChI is InChI=1S/C8H18NO/c1-6(8(3,4)5)9-7(2)10/h6-7,9H,1-5H3. The summed E-state index contributed by atoms with van der Waals surface area (Å²) in [4.78, 5) is 0. The highest BCUT2D eigenvalue weighted by Crippen LogP contribution is 2.18. The van der Waals surface area contributed by atoms with E-state index in [2.05, 4.69) is 26.1 Å². The van der Waals surface area contributed by atoms with Gasteiger partial charge in [0.1, 0.15) is 6.23 Å². The highest BCUT2D eigenvalue weighted by atomic mass is 16.3. The van der Waals surface area contributed by atoms with Gasteiger partial charge in [0.05, 0.1) is 0 Å². The summed E-state index contributed by atoms with van der Waals surface area (Å²) in [5, 5.41) is 13.6. The lowest BCUT2D eigenvalue weighted by Crippen LogP contribution is -2.41. The summed E-state index contributed by atoms with van der Waals surface area (Å²) in [5.41, 5.74) is 0.179. The molecular formula is C8H18NO. The van der Waals surface area contributed by atoms with Gasteiger partial charge in [0.25, 0.3) is 0 Å². The largest absolute Gasteiger partial charge is 0.287 e. The molecule has 0 amide bonds. The van der Waals surface area contributed by atoms with E-state index in [1.54, 1.807) is 6.92 Å². The summed E-state index contributed by atoms with van der Waals surface area (Å²) in [6.07, 6.45) is -0.658. The molecule has 0 heterocycles. The molecule has 0 aromatic heterocycles. The van der Waals surface area contributed by atoms with Crippen LogP contribution in [-0.4, -0.2) is 12.3 Å². The second-order valence-corrected chi connectivity index (χ2v) is 3.90. The van der Waals surface area contributed by atoms with Crippen LogP contribution in [0.3, 0.4) is 0 Å². The lowest BCUT2D eigenvalue weighted by Gasteiger charge is -2.28. The van der Waals surface area contributed by atoms with Crippen LogP contribution in [0.2, 0.25) is 0 Å². The molecule has 0 rings (SSSR count). The van der Waals surface area contributed by atoms with E-state index in [1.165, 1.54) is 0 Å². The first-order chi connectivity index (χ1) is 4.34. The van der Waals surface area contributed by atoms with Gasteiger partial charge in [-0.2, -0.15) is 0 Å². The molecule has 2 atom stereocenters. The highest BCUT2D eigenvalue weighted by molar-refractivity contribution is 4.75. The minimum Gasteiger partial charge on any atom is -0.287 e. The Bertz CT molecular complexity index is 93.9. The van der Waals surface area contributed by atoms with Gasteiger partial charge in [-0.15, -0.1) is 0 Å². The minimum atomic E-state index is -0.658. The minimum absolute atomic E-state index is 0.179. The van der Waals surface area contributed by atoms with Gasteiger partial charge in [0, 0.05) is 6.04 Å². The third-order valence-electron chi connectivity index (χ3n) is 1.78. The van der Waals surface area contributed by atoms with Crippen LogP contribution in [0.15, 0.2) is 0 Å². The fraction of sp³-hybridized carbons (Fsp3) is 1.00. The molecule has 2 nitrogen and oxygen atoms in total. The monoisotopic (exact) mass is 144 g/mol. The Morgan fingerprint density at radius 2 is 1.60 bits per heavy atom. The number of hydrogen-bond acceptors (Lipinski definition) is 1. The first kappa shape index (κ1) is 9.92. The van der Waals surface area contributed by atoms with Crippen molar-refractivity contribution in [2.45, 2.75) is 46.9 Å². The second-order valence-electron chi connectivity index (χ2n) is 3.90. The maximum absolute atomic E-state index is 10.7. The molecule has 1 N–H and O–H groups in total. The maximum atomic E-state index is 10.7.